The molecule has 0 unspecified atom stereocenters. The molecule has 0 radical (unpaired) electrons. The Hall–Kier alpha value is -2.44. The Kier molecular flexibility index (Phi) is 9.06. The van der Waals surface area contributed by atoms with Crippen LogP contribution in [0.1, 0.15) is 56.6 Å². The van der Waals surface area contributed by atoms with Gasteiger partial charge in [-0.05, 0) is 49.5 Å². The summed E-state index contributed by atoms with van der Waals surface area (Å²) in [5, 5.41) is 23.7. The Balaban J connectivity index is 1.39. The molecule has 1 amide bonds. The molecule has 3 N–H and O–H groups in total. The topological polar surface area (TPSA) is 95.9 Å². The third-order valence-electron chi connectivity index (χ3n) is 6.64. The SMILES string of the molecule is COC(=O)CCNC(=O)CCCCC1=C[C@H]2C[C@@H](O)[C@H](/C=C/[C@@H](O)c3ccccc3)[C@H]2C1. The van der Waals surface area contributed by atoms with E-state index in [1.165, 1.54) is 12.7 Å². The lowest BCUT2D eigenvalue weighted by Gasteiger charge is -2.19. The molecule has 0 saturated heterocycles. The highest BCUT2D eigenvalue weighted by Crippen LogP contribution is 2.48. The second kappa shape index (κ2) is 12.0. The van der Waals surface area contributed by atoms with Gasteiger partial charge in [0.15, 0.2) is 0 Å². The van der Waals surface area contributed by atoms with Crippen molar-refractivity contribution in [2.45, 2.75) is 57.2 Å². The summed E-state index contributed by atoms with van der Waals surface area (Å²) in [6.07, 6.45) is 10.3. The van der Waals surface area contributed by atoms with Gasteiger partial charge in [0.25, 0.3) is 0 Å². The first-order valence-corrected chi connectivity index (χ1v) is 11.6. The number of fused-ring (bicyclic) bond motifs is 1. The van der Waals surface area contributed by atoms with Crippen LogP contribution in [0.25, 0.3) is 0 Å². The third kappa shape index (κ3) is 6.78. The summed E-state index contributed by atoms with van der Waals surface area (Å²) in [4.78, 5) is 22.9. The van der Waals surface area contributed by atoms with Crippen LogP contribution in [0.5, 0.6) is 0 Å². The maximum Gasteiger partial charge on any atom is 0.307 e. The molecule has 0 aromatic heterocycles. The first kappa shape index (κ1) is 24.2. The van der Waals surface area contributed by atoms with E-state index in [0.717, 1.165) is 37.7 Å². The average Bonchev–Trinajstić information content (AvgIpc) is 3.31. The number of methoxy groups -OCH3 is 1. The molecule has 174 valence electrons. The first-order valence-electron chi connectivity index (χ1n) is 11.6. The molecule has 6 heteroatoms. The monoisotopic (exact) mass is 441 g/mol. The van der Waals surface area contributed by atoms with Gasteiger partial charge in [0.2, 0.25) is 5.91 Å². The fourth-order valence-electron chi connectivity index (χ4n) is 4.92. The van der Waals surface area contributed by atoms with E-state index >= 15 is 0 Å². The smallest absolute Gasteiger partial charge is 0.307 e. The highest BCUT2D eigenvalue weighted by molar-refractivity contribution is 5.76. The molecule has 1 aromatic carbocycles. The van der Waals surface area contributed by atoms with Crippen molar-refractivity contribution in [2.75, 3.05) is 13.7 Å². The quantitative estimate of drug-likeness (QED) is 0.278. The number of hydrogen-bond acceptors (Lipinski definition) is 5. The standard InChI is InChI=1S/C26H35NO5/c1-32-26(31)13-14-27-25(30)10-6-5-7-18-15-20-17-24(29)21(22(20)16-18)11-12-23(28)19-8-3-2-4-9-19/h2-4,8-9,11-12,15,20-24,28-29H,5-7,10,13-14,16-17H2,1H3,(H,27,30)/b12-11+/t20-,21+,22-,23+,24+/m0/s1. The summed E-state index contributed by atoms with van der Waals surface area (Å²) in [6, 6.07) is 9.54. The number of allylic oxidation sites excluding steroid dienone is 2. The fourth-order valence-corrected chi connectivity index (χ4v) is 4.92. The molecule has 5 atom stereocenters. The number of unbranched alkanes of at least 4 members (excludes halogenated alkanes) is 1. The van der Waals surface area contributed by atoms with E-state index in [-0.39, 0.29) is 30.3 Å². The van der Waals surface area contributed by atoms with Gasteiger partial charge in [0.05, 0.1) is 25.7 Å². The minimum Gasteiger partial charge on any atom is -0.469 e. The van der Waals surface area contributed by atoms with Crippen LogP contribution in [-0.2, 0) is 14.3 Å². The lowest BCUT2D eigenvalue weighted by atomic mass is 9.88. The predicted molar refractivity (Wildman–Crippen MR) is 122 cm³/mol. The van der Waals surface area contributed by atoms with Crippen LogP contribution in [0.4, 0.5) is 0 Å². The van der Waals surface area contributed by atoms with Gasteiger partial charge in [0, 0.05) is 18.9 Å². The van der Waals surface area contributed by atoms with Gasteiger partial charge < -0.3 is 20.3 Å². The van der Waals surface area contributed by atoms with Crippen LogP contribution < -0.4 is 5.32 Å². The molecule has 0 heterocycles. The highest BCUT2D eigenvalue weighted by Gasteiger charge is 2.43. The van der Waals surface area contributed by atoms with E-state index < -0.39 is 6.10 Å². The maximum atomic E-state index is 11.8. The fraction of sp³-hybridized carbons (Fsp3) is 0.538. The van der Waals surface area contributed by atoms with Crippen molar-refractivity contribution in [3.8, 4) is 0 Å². The first-order chi connectivity index (χ1) is 15.5. The van der Waals surface area contributed by atoms with Crippen LogP contribution in [0, 0.1) is 17.8 Å². The Bertz CT molecular complexity index is 819. The molecule has 0 spiro atoms. The Morgan fingerprint density at radius 3 is 2.75 bits per heavy atom. The molecular weight excluding hydrogens is 406 g/mol. The summed E-state index contributed by atoms with van der Waals surface area (Å²) in [7, 11) is 1.34. The summed E-state index contributed by atoms with van der Waals surface area (Å²) >= 11 is 0. The second-order valence-corrected chi connectivity index (χ2v) is 8.86. The van der Waals surface area contributed by atoms with E-state index in [1.54, 1.807) is 0 Å². The van der Waals surface area contributed by atoms with Crippen LogP contribution in [0.15, 0.2) is 54.1 Å². The minimum atomic E-state index is -0.657. The number of aliphatic hydroxyl groups excluding tert-OH is 2. The molecular formula is C26H35NO5. The van der Waals surface area contributed by atoms with Gasteiger partial charge in [-0.25, -0.2) is 0 Å². The molecule has 0 aliphatic heterocycles. The molecule has 3 rings (SSSR count). The molecule has 6 nitrogen and oxygen atoms in total. The third-order valence-corrected chi connectivity index (χ3v) is 6.64. The van der Waals surface area contributed by atoms with Crippen molar-refractivity contribution in [3.05, 3.63) is 59.7 Å². The number of amides is 1. The number of carbonyl (C=O) groups excluding carboxylic acids is 2. The molecule has 2 aliphatic rings. The second-order valence-electron chi connectivity index (χ2n) is 8.86. The molecule has 1 saturated carbocycles. The van der Waals surface area contributed by atoms with Crippen molar-refractivity contribution < 1.29 is 24.5 Å². The van der Waals surface area contributed by atoms with Crippen LogP contribution in [0.2, 0.25) is 0 Å². The Morgan fingerprint density at radius 2 is 2.00 bits per heavy atom. The van der Waals surface area contributed by atoms with E-state index in [2.05, 4.69) is 16.1 Å². The summed E-state index contributed by atoms with van der Waals surface area (Å²) in [6.45, 7) is 0.316. The zero-order valence-electron chi connectivity index (χ0n) is 18.8. The molecule has 2 aliphatic carbocycles. The van der Waals surface area contributed by atoms with Gasteiger partial charge in [-0.1, -0.05) is 54.1 Å². The largest absolute Gasteiger partial charge is 0.469 e. The van der Waals surface area contributed by atoms with Crippen molar-refractivity contribution in [2.24, 2.45) is 17.8 Å². The lowest BCUT2D eigenvalue weighted by Crippen LogP contribution is -2.25. The Labute approximate surface area is 190 Å². The van der Waals surface area contributed by atoms with E-state index in [1.807, 2.05) is 42.5 Å². The van der Waals surface area contributed by atoms with Crippen LogP contribution in [0.3, 0.4) is 0 Å². The zero-order chi connectivity index (χ0) is 22.9. The number of hydrogen-bond donors (Lipinski definition) is 3. The van der Waals surface area contributed by atoms with Crippen LogP contribution >= 0.6 is 0 Å². The number of ether oxygens (including phenoxy) is 1. The zero-order valence-corrected chi connectivity index (χ0v) is 18.8. The summed E-state index contributed by atoms with van der Waals surface area (Å²) < 4.78 is 4.55. The molecule has 0 bridgehead atoms. The Morgan fingerprint density at radius 1 is 1.22 bits per heavy atom. The number of aliphatic hydroxyl groups is 2. The number of nitrogens with one attached hydrogen (secondary N) is 1. The number of benzene rings is 1. The molecule has 1 aromatic rings. The van der Waals surface area contributed by atoms with E-state index in [9.17, 15) is 19.8 Å². The summed E-state index contributed by atoms with van der Waals surface area (Å²) in [5.74, 6) is 0.493. The lowest BCUT2D eigenvalue weighted by molar-refractivity contribution is -0.140. The maximum absolute atomic E-state index is 11.8. The van der Waals surface area contributed by atoms with E-state index in [4.69, 9.17) is 0 Å². The average molecular weight is 442 g/mol. The predicted octanol–water partition coefficient (Wildman–Crippen LogP) is 3.46. The van der Waals surface area contributed by atoms with Gasteiger partial charge in [-0.15, -0.1) is 0 Å². The van der Waals surface area contributed by atoms with Gasteiger partial charge >= 0.3 is 5.97 Å². The van der Waals surface area contributed by atoms with Crippen molar-refractivity contribution in [1.82, 2.24) is 5.32 Å². The van der Waals surface area contributed by atoms with Gasteiger partial charge in [-0.2, -0.15) is 0 Å². The highest BCUT2D eigenvalue weighted by atomic mass is 16.5. The number of esters is 1. The van der Waals surface area contributed by atoms with E-state index in [0.29, 0.717) is 24.8 Å². The number of carbonyl (C=O) groups is 2. The van der Waals surface area contributed by atoms with Crippen LogP contribution in [-0.4, -0.2) is 41.8 Å². The molecule has 1 fully saturated rings. The van der Waals surface area contributed by atoms with Gasteiger partial charge in [-0.3, -0.25) is 9.59 Å². The van der Waals surface area contributed by atoms with Crippen molar-refractivity contribution in [1.29, 1.82) is 0 Å². The van der Waals surface area contributed by atoms with Gasteiger partial charge in [0.1, 0.15) is 0 Å². The summed E-state index contributed by atoms with van der Waals surface area (Å²) in [5.41, 5.74) is 2.27. The van der Waals surface area contributed by atoms with Crippen molar-refractivity contribution >= 4 is 11.9 Å². The normalized spacial score (nSPS) is 25.4. The minimum absolute atomic E-state index is 0.0310. The number of rotatable bonds is 11. The van der Waals surface area contributed by atoms with Crippen molar-refractivity contribution in [3.63, 3.8) is 0 Å². The molecule has 32 heavy (non-hydrogen) atoms.